The van der Waals surface area contributed by atoms with Crippen LogP contribution in [0.5, 0.6) is 0 Å². The Kier molecular flexibility index (Phi) is 7.12. The number of hydrogen-bond donors (Lipinski definition) is 1. The molecule has 0 radical (unpaired) electrons. The predicted octanol–water partition coefficient (Wildman–Crippen LogP) is 4.87. The number of halogens is 4. The summed E-state index contributed by atoms with van der Waals surface area (Å²) in [6.45, 7) is 7.68. The minimum atomic E-state index is -5.01. The van der Waals surface area contributed by atoms with Gasteiger partial charge in [-0.25, -0.2) is 9.97 Å². The molecule has 1 aliphatic rings. The lowest BCUT2D eigenvalue weighted by Gasteiger charge is -2.33. The highest BCUT2D eigenvalue weighted by molar-refractivity contribution is 7.84. The third kappa shape index (κ3) is 5.29. The van der Waals surface area contributed by atoms with Crippen LogP contribution in [0.25, 0.3) is 33.8 Å². The maximum Gasteiger partial charge on any atom is 0.417 e. The lowest BCUT2D eigenvalue weighted by atomic mass is 9.92. The highest BCUT2D eigenvalue weighted by Crippen LogP contribution is 2.42. The number of piperazine rings is 1. The monoisotopic (exact) mass is 611 g/mol. The van der Waals surface area contributed by atoms with Gasteiger partial charge in [0, 0.05) is 44.2 Å². The van der Waals surface area contributed by atoms with E-state index in [4.69, 9.17) is 11.6 Å². The molecule has 0 saturated carbocycles. The molecule has 220 valence electrons. The second-order valence-corrected chi connectivity index (χ2v) is 12.7. The van der Waals surface area contributed by atoms with Gasteiger partial charge in [0.1, 0.15) is 11.2 Å². The van der Waals surface area contributed by atoms with E-state index in [1.165, 1.54) is 28.9 Å². The fourth-order valence-corrected chi connectivity index (χ4v) is 6.26. The van der Waals surface area contributed by atoms with Gasteiger partial charge in [-0.1, -0.05) is 50.6 Å². The summed E-state index contributed by atoms with van der Waals surface area (Å²) in [4.78, 5) is 13.0. The summed E-state index contributed by atoms with van der Waals surface area (Å²) in [6.07, 6.45) is -4.66. The number of nitrogens with zero attached hydrogens (tertiary/aromatic N) is 7. The Labute approximate surface area is 240 Å². The first-order valence-corrected chi connectivity index (χ1v) is 14.5. The SMILES string of the molecule is CN1CCN(c2nc(-c3ccccc3C(F)(F)F)cc3nc(-c4c(Cl)c(C(C)(C)C)nn4C)n(S(=O)(=O)O)c23)CC1. The molecule has 0 atom stereocenters. The lowest BCUT2D eigenvalue weighted by molar-refractivity contribution is -0.137. The Hall–Kier alpha value is -3.20. The predicted molar refractivity (Wildman–Crippen MR) is 151 cm³/mol. The number of likely N-dealkylation sites (N-methyl/N-ethyl adjacent to an activating group) is 1. The summed E-state index contributed by atoms with van der Waals surface area (Å²) in [6, 6.07) is 6.31. The van der Waals surface area contributed by atoms with Crippen molar-refractivity contribution in [2.45, 2.75) is 32.4 Å². The molecule has 0 spiro atoms. The molecule has 0 unspecified atom stereocenters. The summed E-state index contributed by atoms with van der Waals surface area (Å²) < 4.78 is 80.3. The number of aromatic nitrogens is 5. The number of hydrogen-bond acceptors (Lipinski definition) is 7. The molecule has 3 aromatic heterocycles. The Morgan fingerprint density at radius 3 is 2.20 bits per heavy atom. The van der Waals surface area contributed by atoms with Crippen molar-refractivity contribution in [1.29, 1.82) is 0 Å². The molecule has 0 bridgehead atoms. The van der Waals surface area contributed by atoms with Crippen molar-refractivity contribution >= 4 is 38.8 Å². The van der Waals surface area contributed by atoms with Gasteiger partial charge in [0.25, 0.3) is 0 Å². The van der Waals surface area contributed by atoms with E-state index < -0.39 is 27.5 Å². The van der Waals surface area contributed by atoms with Crippen molar-refractivity contribution in [2.24, 2.45) is 7.05 Å². The van der Waals surface area contributed by atoms with Gasteiger partial charge in [-0.2, -0.15) is 30.7 Å². The van der Waals surface area contributed by atoms with Gasteiger partial charge in [-0.05, 0) is 19.2 Å². The van der Waals surface area contributed by atoms with Gasteiger partial charge in [-0.15, -0.1) is 0 Å². The summed E-state index contributed by atoms with van der Waals surface area (Å²) in [5.74, 6) is -0.162. The van der Waals surface area contributed by atoms with E-state index in [-0.39, 0.29) is 44.6 Å². The maximum atomic E-state index is 14.0. The number of rotatable bonds is 4. The van der Waals surface area contributed by atoms with Crippen LogP contribution in [0.1, 0.15) is 32.0 Å². The van der Waals surface area contributed by atoms with Gasteiger partial charge in [-0.3, -0.25) is 9.23 Å². The minimum Gasteiger partial charge on any atom is -0.352 e. The van der Waals surface area contributed by atoms with Crippen LogP contribution in [-0.2, 0) is 28.9 Å². The molecule has 15 heteroatoms. The third-order valence-electron chi connectivity index (χ3n) is 7.03. The molecule has 1 N–H and O–H groups in total. The zero-order valence-corrected chi connectivity index (χ0v) is 24.6. The van der Waals surface area contributed by atoms with Crippen LogP contribution in [0.15, 0.2) is 30.3 Å². The maximum absolute atomic E-state index is 14.0. The topological polar surface area (TPSA) is 109 Å². The first-order valence-electron chi connectivity index (χ1n) is 12.7. The Morgan fingerprint density at radius 2 is 1.63 bits per heavy atom. The Morgan fingerprint density at radius 1 is 1.00 bits per heavy atom. The molecule has 4 heterocycles. The minimum absolute atomic E-state index is 0.0168. The standard InChI is InChI=1S/C26H29ClF3N7O3S/c1-25(2,3)22-19(27)21(35(5)33-22)24-32-18-14-17(15-8-6-7-9-16(15)26(28,29)30)31-23(20(18)37(24)41(38,39)40)36-12-10-34(4)11-13-36/h6-9,14H,10-13H2,1-5H3,(H,38,39,40). The van der Waals surface area contributed by atoms with Gasteiger partial charge in [0.05, 0.1) is 27.5 Å². The second-order valence-electron chi connectivity index (χ2n) is 11.1. The molecular weight excluding hydrogens is 583 g/mol. The third-order valence-corrected chi connectivity index (χ3v) is 8.20. The van der Waals surface area contributed by atoms with Crippen LogP contribution in [-0.4, -0.2) is 74.8 Å². The van der Waals surface area contributed by atoms with Gasteiger partial charge in [0.15, 0.2) is 11.6 Å². The fourth-order valence-electron chi connectivity index (χ4n) is 4.98. The molecule has 1 saturated heterocycles. The van der Waals surface area contributed by atoms with E-state index in [9.17, 15) is 26.1 Å². The number of alkyl halides is 3. The van der Waals surface area contributed by atoms with Crippen molar-refractivity contribution < 1.29 is 26.1 Å². The van der Waals surface area contributed by atoms with Gasteiger partial charge >= 0.3 is 16.5 Å². The number of imidazole rings is 1. The van der Waals surface area contributed by atoms with Crippen molar-refractivity contribution in [3.63, 3.8) is 0 Å². The molecule has 1 aromatic carbocycles. The summed E-state index contributed by atoms with van der Waals surface area (Å²) >= 11 is 6.73. The number of fused-ring (bicyclic) bond motifs is 1. The van der Waals surface area contributed by atoms with E-state index in [0.29, 0.717) is 35.8 Å². The van der Waals surface area contributed by atoms with Crippen molar-refractivity contribution in [3.05, 3.63) is 46.6 Å². The Balaban J connectivity index is 1.88. The fraction of sp³-hybridized carbons (Fsp3) is 0.423. The summed E-state index contributed by atoms with van der Waals surface area (Å²) in [5.41, 5.74) is -1.10. The molecule has 4 aromatic rings. The highest BCUT2D eigenvalue weighted by Gasteiger charge is 2.36. The summed E-state index contributed by atoms with van der Waals surface area (Å²) in [5, 5.41) is 4.61. The number of aryl methyl sites for hydroxylation is 1. The van der Waals surface area contributed by atoms with Crippen LogP contribution in [0.4, 0.5) is 19.0 Å². The van der Waals surface area contributed by atoms with Crippen molar-refractivity contribution in [1.82, 2.24) is 28.6 Å². The van der Waals surface area contributed by atoms with Crippen LogP contribution in [0.2, 0.25) is 5.02 Å². The normalized spacial score (nSPS) is 15.7. The summed E-state index contributed by atoms with van der Waals surface area (Å²) in [7, 11) is -1.52. The quantitative estimate of drug-likeness (QED) is 0.326. The molecule has 1 fully saturated rings. The molecule has 41 heavy (non-hydrogen) atoms. The van der Waals surface area contributed by atoms with Crippen LogP contribution >= 0.6 is 11.6 Å². The lowest BCUT2D eigenvalue weighted by Crippen LogP contribution is -2.45. The van der Waals surface area contributed by atoms with Gasteiger partial charge < -0.3 is 9.80 Å². The first-order chi connectivity index (χ1) is 19.0. The number of benzene rings is 1. The van der Waals surface area contributed by atoms with Crippen molar-refractivity contribution in [2.75, 3.05) is 38.1 Å². The van der Waals surface area contributed by atoms with Crippen LogP contribution < -0.4 is 4.90 Å². The van der Waals surface area contributed by atoms with Crippen LogP contribution in [0.3, 0.4) is 0 Å². The van der Waals surface area contributed by atoms with E-state index in [1.54, 1.807) is 11.9 Å². The second kappa shape index (κ2) is 9.96. The molecule has 10 nitrogen and oxygen atoms in total. The molecule has 0 amide bonds. The largest absolute Gasteiger partial charge is 0.417 e. The zero-order chi connectivity index (χ0) is 30.1. The van der Waals surface area contributed by atoms with E-state index in [2.05, 4.69) is 20.0 Å². The molecule has 0 aliphatic carbocycles. The molecule has 1 aliphatic heterocycles. The number of anilines is 1. The Bertz CT molecular complexity index is 1750. The molecular formula is C26H29ClF3N7O3S. The van der Waals surface area contributed by atoms with E-state index >= 15 is 0 Å². The van der Waals surface area contributed by atoms with E-state index in [0.717, 1.165) is 6.07 Å². The van der Waals surface area contributed by atoms with Crippen LogP contribution in [0, 0.1) is 0 Å². The molecule has 5 rings (SSSR count). The van der Waals surface area contributed by atoms with Gasteiger partial charge in [0.2, 0.25) is 0 Å². The smallest absolute Gasteiger partial charge is 0.352 e. The van der Waals surface area contributed by atoms with Crippen molar-refractivity contribution in [3.8, 4) is 22.8 Å². The highest BCUT2D eigenvalue weighted by atomic mass is 35.5. The van der Waals surface area contributed by atoms with E-state index in [1.807, 2.05) is 27.8 Å². The first kappa shape index (κ1) is 29.3. The zero-order valence-electron chi connectivity index (χ0n) is 23.0. The average Bonchev–Trinajstić information content (AvgIpc) is 3.39. The number of pyridine rings is 1. The average molecular weight is 612 g/mol.